The Morgan fingerprint density at radius 1 is 1.14 bits per heavy atom. The van der Waals surface area contributed by atoms with Gasteiger partial charge in [-0.05, 0) is 44.6 Å². The number of aryl methyl sites for hydroxylation is 1. The molecule has 11 nitrogen and oxygen atoms in total. The Kier molecular flexibility index (Phi) is 8.39. The molecule has 0 saturated carbocycles. The highest BCUT2D eigenvalue weighted by molar-refractivity contribution is 6.03. The molecule has 0 radical (unpaired) electrons. The maximum atomic E-state index is 12.7. The van der Waals surface area contributed by atoms with E-state index in [0.717, 1.165) is 42.4 Å². The van der Waals surface area contributed by atoms with Crippen molar-refractivity contribution in [2.75, 3.05) is 50.3 Å². The van der Waals surface area contributed by atoms with E-state index in [1.54, 1.807) is 13.2 Å². The lowest BCUT2D eigenvalue weighted by Gasteiger charge is -2.22. The van der Waals surface area contributed by atoms with Gasteiger partial charge in [-0.3, -0.25) is 4.79 Å². The maximum Gasteiger partial charge on any atom is 0.341 e. The minimum absolute atomic E-state index is 0.234. The van der Waals surface area contributed by atoms with Crippen molar-refractivity contribution in [3.8, 4) is 17.0 Å². The number of esters is 1. The standard InChI is InChI=1S/C31H35N7O4/c1-6-28(39)34-24-14-25(27(41-4)15-23(24)32-16-19-10-9-13-37(19)2)35-31-33-17-21(30(40)42-5)29(36-31)22-18-38(3)26-12-8-7-11-20(22)26/h6-8,11-12,14-15,17-19,32H,1,9-10,13,16H2,2-5H3,(H,34,39)(H,33,35,36). The predicted molar refractivity (Wildman–Crippen MR) is 165 cm³/mol. The molecule has 1 atom stereocenters. The molecular weight excluding hydrogens is 534 g/mol. The molecule has 1 unspecified atom stereocenters. The van der Waals surface area contributed by atoms with E-state index in [4.69, 9.17) is 14.5 Å². The number of nitrogens with zero attached hydrogens (tertiary/aromatic N) is 4. The number of aromatic nitrogens is 3. The molecule has 1 amide bonds. The molecule has 1 saturated heterocycles. The Bertz CT molecular complexity index is 1650. The van der Waals surface area contributed by atoms with Crippen molar-refractivity contribution in [1.82, 2.24) is 19.4 Å². The molecule has 1 fully saturated rings. The molecule has 5 rings (SSSR count). The zero-order chi connectivity index (χ0) is 29.8. The van der Waals surface area contributed by atoms with Gasteiger partial charge in [-0.25, -0.2) is 14.8 Å². The van der Waals surface area contributed by atoms with Gasteiger partial charge in [0.1, 0.15) is 11.3 Å². The fraction of sp³-hybridized carbons (Fsp3) is 0.290. The second kappa shape index (κ2) is 12.3. The number of benzene rings is 2. The van der Waals surface area contributed by atoms with Gasteiger partial charge in [0.05, 0.1) is 37.0 Å². The third-order valence-corrected chi connectivity index (χ3v) is 7.58. The van der Waals surface area contributed by atoms with Crippen LogP contribution in [0.25, 0.3) is 22.2 Å². The topological polar surface area (TPSA) is 123 Å². The van der Waals surface area contributed by atoms with Crippen LogP contribution >= 0.6 is 0 Å². The van der Waals surface area contributed by atoms with Crippen LogP contribution in [0, 0.1) is 0 Å². The van der Waals surface area contributed by atoms with E-state index in [9.17, 15) is 9.59 Å². The molecule has 3 N–H and O–H groups in total. The Hall–Kier alpha value is -4.90. The van der Waals surface area contributed by atoms with E-state index < -0.39 is 5.97 Å². The summed E-state index contributed by atoms with van der Waals surface area (Å²) in [4.78, 5) is 36.5. The Labute approximate surface area is 244 Å². The van der Waals surface area contributed by atoms with Gasteiger partial charge in [0.15, 0.2) is 0 Å². The molecule has 2 aromatic heterocycles. The number of amides is 1. The number of carbonyl (C=O) groups is 2. The average molecular weight is 570 g/mol. The van der Waals surface area contributed by atoms with Crippen LogP contribution in [-0.2, 0) is 16.6 Å². The largest absolute Gasteiger partial charge is 0.494 e. The summed E-state index contributed by atoms with van der Waals surface area (Å²) >= 11 is 0. The number of nitrogens with one attached hydrogen (secondary N) is 3. The van der Waals surface area contributed by atoms with Gasteiger partial charge in [0.2, 0.25) is 11.9 Å². The molecule has 0 aliphatic carbocycles. The first-order valence-corrected chi connectivity index (χ1v) is 13.7. The molecule has 218 valence electrons. The molecule has 0 bridgehead atoms. The van der Waals surface area contributed by atoms with E-state index in [0.29, 0.717) is 34.5 Å². The van der Waals surface area contributed by atoms with E-state index in [1.807, 2.05) is 48.1 Å². The number of carbonyl (C=O) groups excluding carboxylic acids is 2. The van der Waals surface area contributed by atoms with Gasteiger partial charge in [0.25, 0.3) is 0 Å². The first-order valence-electron chi connectivity index (χ1n) is 13.7. The van der Waals surface area contributed by atoms with Gasteiger partial charge in [-0.15, -0.1) is 0 Å². The number of hydrogen-bond donors (Lipinski definition) is 3. The third-order valence-electron chi connectivity index (χ3n) is 7.58. The molecule has 2 aromatic carbocycles. The first kappa shape index (κ1) is 28.6. The van der Waals surface area contributed by atoms with Crippen LogP contribution in [0.4, 0.5) is 23.0 Å². The lowest BCUT2D eigenvalue weighted by Crippen LogP contribution is -2.31. The fourth-order valence-electron chi connectivity index (χ4n) is 5.30. The third kappa shape index (κ3) is 5.77. The molecule has 4 aromatic rings. The van der Waals surface area contributed by atoms with Crippen LogP contribution in [0.15, 0.2) is 61.4 Å². The molecule has 1 aliphatic heterocycles. The van der Waals surface area contributed by atoms with Crippen molar-refractivity contribution in [2.45, 2.75) is 18.9 Å². The highest BCUT2D eigenvalue weighted by Gasteiger charge is 2.23. The van der Waals surface area contributed by atoms with Crippen LogP contribution in [0.3, 0.4) is 0 Å². The monoisotopic (exact) mass is 569 g/mol. The van der Waals surface area contributed by atoms with Crippen molar-refractivity contribution < 1.29 is 19.1 Å². The van der Waals surface area contributed by atoms with E-state index >= 15 is 0 Å². The smallest absolute Gasteiger partial charge is 0.341 e. The summed E-state index contributed by atoms with van der Waals surface area (Å²) in [6.45, 7) is 5.36. The highest BCUT2D eigenvalue weighted by Crippen LogP contribution is 2.38. The molecule has 42 heavy (non-hydrogen) atoms. The maximum absolute atomic E-state index is 12.7. The first-order chi connectivity index (χ1) is 20.3. The SMILES string of the molecule is C=CC(=O)Nc1cc(Nc2ncc(C(=O)OC)c(-c3cn(C)c4ccccc34)n2)c(OC)cc1NCC1CCCN1C. The lowest BCUT2D eigenvalue weighted by molar-refractivity contribution is -0.111. The number of rotatable bonds is 10. The number of likely N-dealkylation sites (N-methyl/N-ethyl adjacent to an activating group) is 1. The van der Waals surface area contributed by atoms with Gasteiger partial charge >= 0.3 is 5.97 Å². The second-order valence-electron chi connectivity index (χ2n) is 10.2. The predicted octanol–water partition coefficient (Wildman–Crippen LogP) is 4.80. The van der Waals surface area contributed by atoms with Crippen LogP contribution in [-0.4, -0.2) is 71.7 Å². The van der Waals surface area contributed by atoms with Gasteiger partial charge in [0, 0.05) is 54.6 Å². The van der Waals surface area contributed by atoms with Gasteiger partial charge in [-0.2, -0.15) is 0 Å². The van der Waals surface area contributed by atoms with Crippen molar-refractivity contribution in [2.24, 2.45) is 7.05 Å². The van der Waals surface area contributed by atoms with Crippen LogP contribution < -0.4 is 20.7 Å². The number of hydrogen-bond acceptors (Lipinski definition) is 9. The molecule has 11 heteroatoms. The average Bonchev–Trinajstić information content (AvgIpc) is 3.58. The van der Waals surface area contributed by atoms with Crippen LogP contribution in [0.5, 0.6) is 5.75 Å². The minimum Gasteiger partial charge on any atom is -0.494 e. The van der Waals surface area contributed by atoms with Crippen molar-refractivity contribution in [3.63, 3.8) is 0 Å². The van der Waals surface area contributed by atoms with E-state index in [-0.39, 0.29) is 17.4 Å². The highest BCUT2D eigenvalue weighted by atomic mass is 16.5. The quantitative estimate of drug-likeness (QED) is 0.182. The summed E-state index contributed by atoms with van der Waals surface area (Å²) < 4.78 is 12.7. The molecule has 3 heterocycles. The summed E-state index contributed by atoms with van der Waals surface area (Å²) in [6, 6.07) is 11.9. The van der Waals surface area contributed by atoms with Crippen molar-refractivity contribution in [3.05, 3.63) is 67.0 Å². The molecule has 0 spiro atoms. The van der Waals surface area contributed by atoms with Gasteiger partial charge in [-0.1, -0.05) is 24.8 Å². The van der Waals surface area contributed by atoms with Crippen molar-refractivity contribution >= 4 is 45.8 Å². The fourth-order valence-corrected chi connectivity index (χ4v) is 5.30. The van der Waals surface area contributed by atoms with Crippen molar-refractivity contribution in [1.29, 1.82) is 0 Å². The zero-order valence-corrected chi connectivity index (χ0v) is 24.2. The number of methoxy groups -OCH3 is 2. The number of ether oxygens (including phenoxy) is 2. The summed E-state index contributed by atoms with van der Waals surface area (Å²) in [5, 5.41) is 10.5. The molecule has 1 aliphatic rings. The summed E-state index contributed by atoms with van der Waals surface area (Å²) in [6.07, 6.45) is 6.85. The number of fused-ring (bicyclic) bond motifs is 1. The van der Waals surface area contributed by atoms with Gasteiger partial charge < -0.3 is 34.9 Å². The molecular formula is C31H35N7O4. The van der Waals surface area contributed by atoms with E-state index in [2.05, 4.69) is 39.5 Å². The van der Waals surface area contributed by atoms with E-state index in [1.165, 1.54) is 19.4 Å². The Morgan fingerprint density at radius 3 is 2.67 bits per heavy atom. The number of para-hydroxylation sites is 1. The van der Waals surface area contributed by atoms with Crippen LogP contribution in [0.1, 0.15) is 23.2 Å². The Morgan fingerprint density at radius 2 is 1.95 bits per heavy atom. The Balaban J connectivity index is 1.54. The summed E-state index contributed by atoms with van der Waals surface area (Å²) in [5.74, 6) is -0.136. The zero-order valence-electron chi connectivity index (χ0n) is 24.2. The summed E-state index contributed by atoms with van der Waals surface area (Å²) in [7, 11) is 6.95. The number of anilines is 4. The summed E-state index contributed by atoms with van der Waals surface area (Å²) in [5.41, 5.74) is 4.20. The lowest BCUT2D eigenvalue weighted by atomic mass is 10.1. The second-order valence-corrected chi connectivity index (χ2v) is 10.2. The van der Waals surface area contributed by atoms with Crippen LogP contribution in [0.2, 0.25) is 0 Å². The minimum atomic E-state index is -0.542. The normalized spacial score (nSPS) is 14.9. The number of likely N-dealkylation sites (tertiary alicyclic amines) is 1.